The molecular formula is C12H22O10. The number of rotatable bonds is 9. The molecule has 0 atom stereocenters. The zero-order valence-electron chi connectivity index (χ0n) is 13.0. The van der Waals surface area contributed by atoms with E-state index in [0.717, 1.165) is 0 Å². The number of hydrogen-bond acceptors (Lipinski definition) is 10. The molecule has 2 N–H and O–H groups in total. The first-order chi connectivity index (χ1) is 10.2. The molecule has 10 heteroatoms. The summed E-state index contributed by atoms with van der Waals surface area (Å²) in [5, 5.41) is 15.1. The normalized spacial score (nSPS) is 8.82. The summed E-state index contributed by atoms with van der Waals surface area (Å²) in [6, 6.07) is 0. The van der Waals surface area contributed by atoms with E-state index in [4.69, 9.17) is 10.5 Å². The Labute approximate surface area is 127 Å². The highest BCUT2D eigenvalue weighted by Crippen LogP contribution is 1.81. The molecule has 0 bridgehead atoms. The SMILES string of the molecule is CC(=O)CC(C)=O.CC(=O)CC(C)=O.OOCOOCOO. The Morgan fingerprint density at radius 1 is 0.636 bits per heavy atom. The molecule has 0 aliphatic carbocycles. The van der Waals surface area contributed by atoms with Gasteiger partial charge in [0.25, 0.3) is 0 Å². The maximum absolute atomic E-state index is 10.0. The van der Waals surface area contributed by atoms with Crippen LogP contribution in [-0.2, 0) is 38.7 Å². The van der Waals surface area contributed by atoms with Gasteiger partial charge in [0.05, 0.1) is 12.8 Å². The van der Waals surface area contributed by atoms with E-state index in [2.05, 4.69) is 19.6 Å². The molecule has 0 rings (SSSR count). The molecule has 10 nitrogen and oxygen atoms in total. The van der Waals surface area contributed by atoms with Crippen molar-refractivity contribution in [3.63, 3.8) is 0 Å². The van der Waals surface area contributed by atoms with Crippen molar-refractivity contribution < 1.29 is 49.2 Å². The average molecular weight is 326 g/mol. The molecule has 0 amide bonds. The number of hydrogen-bond donors (Lipinski definition) is 2. The summed E-state index contributed by atoms with van der Waals surface area (Å²) in [4.78, 5) is 54.9. The van der Waals surface area contributed by atoms with Crippen LogP contribution >= 0.6 is 0 Å². The van der Waals surface area contributed by atoms with Gasteiger partial charge in [0.2, 0.25) is 13.6 Å². The van der Waals surface area contributed by atoms with Gasteiger partial charge in [-0.2, -0.15) is 0 Å². The molecule has 0 aromatic carbocycles. The Morgan fingerprint density at radius 2 is 0.864 bits per heavy atom. The minimum absolute atomic E-state index is 0.0625. The third-order valence-electron chi connectivity index (χ3n) is 1.28. The van der Waals surface area contributed by atoms with Crippen molar-refractivity contribution in [2.45, 2.75) is 40.5 Å². The van der Waals surface area contributed by atoms with Gasteiger partial charge in [-0.25, -0.2) is 30.1 Å². The molecule has 130 valence electrons. The summed E-state index contributed by atoms with van der Waals surface area (Å²) < 4.78 is 0. The van der Waals surface area contributed by atoms with Gasteiger partial charge in [0.15, 0.2) is 0 Å². The van der Waals surface area contributed by atoms with Crippen molar-refractivity contribution in [1.82, 2.24) is 0 Å². The van der Waals surface area contributed by atoms with Crippen LogP contribution in [0, 0.1) is 0 Å². The van der Waals surface area contributed by atoms with E-state index in [1.165, 1.54) is 27.7 Å². The second-order valence-electron chi connectivity index (χ2n) is 3.89. The smallest absolute Gasteiger partial charge is 0.214 e. The number of ketones is 4. The largest absolute Gasteiger partial charge is 0.300 e. The van der Waals surface area contributed by atoms with Gasteiger partial charge >= 0.3 is 0 Å². The lowest BCUT2D eigenvalue weighted by Crippen LogP contribution is -2.01. The van der Waals surface area contributed by atoms with Gasteiger partial charge in [-0.05, 0) is 27.7 Å². The highest BCUT2D eigenvalue weighted by molar-refractivity contribution is 5.97. The Hall–Kier alpha value is -1.56. The molecule has 0 aliphatic rings. The van der Waals surface area contributed by atoms with Crippen LogP contribution in [0.5, 0.6) is 0 Å². The summed E-state index contributed by atoms with van der Waals surface area (Å²) >= 11 is 0. The predicted molar refractivity (Wildman–Crippen MR) is 71.3 cm³/mol. The van der Waals surface area contributed by atoms with Crippen LogP contribution in [0.25, 0.3) is 0 Å². The van der Waals surface area contributed by atoms with Gasteiger partial charge in [-0.1, -0.05) is 0 Å². The highest BCUT2D eigenvalue weighted by Gasteiger charge is 1.95. The Kier molecular flexibility index (Phi) is 22.4. The van der Waals surface area contributed by atoms with Gasteiger partial charge in [-0.3, -0.25) is 19.2 Å². The lowest BCUT2D eigenvalue weighted by atomic mass is 10.2. The molecule has 0 aromatic heterocycles. The molecule has 22 heavy (non-hydrogen) atoms. The number of carbonyl (C=O) groups is 4. The highest BCUT2D eigenvalue weighted by atomic mass is 17.3. The summed E-state index contributed by atoms with van der Waals surface area (Å²) in [5.74, 6) is -0.250. The van der Waals surface area contributed by atoms with E-state index in [9.17, 15) is 19.2 Å². The van der Waals surface area contributed by atoms with Crippen molar-refractivity contribution in [3.05, 3.63) is 0 Å². The molecule has 0 fully saturated rings. The molecule has 0 aromatic rings. The summed E-state index contributed by atoms with van der Waals surface area (Å²) in [5.41, 5.74) is 0. The van der Waals surface area contributed by atoms with Crippen molar-refractivity contribution in [2.75, 3.05) is 13.6 Å². The second-order valence-corrected chi connectivity index (χ2v) is 3.89. The Bertz CT molecular complexity index is 270. The maximum Gasteiger partial charge on any atom is 0.214 e. The van der Waals surface area contributed by atoms with E-state index >= 15 is 0 Å². The Balaban J connectivity index is -0.000000247. The second kappa shape index (κ2) is 19.4. The van der Waals surface area contributed by atoms with Crippen molar-refractivity contribution in [2.24, 2.45) is 0 Å². The van der Waals surface area contributed by atoms with Crippen LogP contribution in [0.15, 0.2) is 0 Å². The minimum Gasteiger partial charge on any atom is -0.300 e. The van der Waals surface area contributed by atoms with Crippen molar-refractivity contribution in [1.29, 1.82) is 0 Å². The molecular weight excluding hydrogens is 304 g/mol. The average Bonchev–Trinajstić information content (AvgIpc) is 2.33. The van der Waals surface area contributed by atoms with Crippen LogP contribution in [0.4, 0.5) is 0 Å². The standard InChI is InChI=1S/2C5H8O2.C2H6O6/c2*1-4(6)3-5(2)7;3-5-1-7-8-2-6-4/h2*3H2,1-2H3;3-4H,1-2H2. The molecule has 0 spiro atoms. The zero-order chi connectivity index (χ0) is 18.0. The van der Waals surface area contributed by atoms with Crippen LogP contribution in [0.2, 0.25) is 0 Å². The molecule has 0 saturated carbocycles. The van der Waals surface area contributed by atoms with Gasteiger partial charge in [0.1, 0.15) is 23.1 Å². The van der Waals surface area contributed by atoms with Crippen molar-refractivity contribution in [3.8, 4) is 0 Å². The van der Waals surface area contributed by atoms with E-state index in [1.807, 2.05) is 0 Å². The fourth-order valence-corrected chi connectivity index (χ4v) is 0.812. The van der Waals surface area contributed by atoms with E-state index in [0.29, 0.717) is 0 Å². The first-order valence-electron chi connectivity index (χ1n) is 5.92. The molecule has 0 aliphatic heterocycles. The van der Waals surface area contributed by atoms with E-state index in [1.54, 1.807) is 0 Å². The molecule has 0 radical (unpaired) electrons. The van der Waals surface area contributed by atoms with Crippen LogP contribution < -0.4 is 0 Å². The maximum atomic E-state index is 10.0. The third kappa shape index (κ3) is 42.9. The van der Waals surface area contributed by atoms with E-state index in [-0.39, 0.29) is 36.0 Å². The number of carbonyl (C=O) groups excluding carboxylic acids is 4. The number of Topliss-reactive ketones (excluding diaryl/α,β-unsaturated/α-hetero) is 4. The fraction of sp³-hybridized carbons (Fsp3) is 0.667. The van der Waals surface area contributed by atoms with Crippen LogP contribution in [0.1, 0.15) is 40.5 Å². The molecule has 0 heterocycles. The quantitative estimate of drug-likeness (QED) is 0.206. The summed E-state index contributed by atoms with van der Waals surface area (Å²) in [6.07, 6.45) is 0.167. The van der Waals surface area contributed by atoms with Gasteiger partial charge in [-0.15, -0.1) is 0 Å². The zero-order valence-corrected chi connectivity index (χ0v) is 13.0. The molecule has 0 saturated heterocycles. The topological polar surface area (TPSA) is 146 Å². The van der Waals surface area contributed by atoms with Crippen LogP contribution in [-0.4, -0.2) is 47.2 Å². The molecule has 0 unspecified atom stereocenters. The minimum atomic E-state index is -0.427. The van der Waals surface area contributed by atoms with Crippen molar-refractivity contribution >= 4 is 23.1 Å². The lowest BCUT2D eigenvalue weighted by molar-refractivity contribution is -0.449. The van der Waals surface area contributed by atoms with E-state index < -0.39 is 13.6 Å². The third-order valence-corrected chi connectivity index (χ3v) is 1.28. The van der Waals surface area contributed by atoms with Gasteiger partial charge in [0, 0.05) is 0 Å². The fourth-order valence-electron chi connectivity index (χ4n) is 0.812. The first-order valence-corrected chi connectivity index (χ1v) is 5.92. The monoisotopic (exact) mass is 326 g/mol. The van der Waals surface area contributed by atoms with Gasteiger partial charge < -0.3 is 0 Å². The predicted octanol–water partition coefficient (Wildman–Crippen LogP) is 0.938. The summed E-state index contributed by atoms with van der Waals surface area (Å²) in [6.45, 7) is 4.76. The lowest BCUT2D eigenvalue weighted by Gasteiger charge is -1.96. The first kappa shape index (κ1) is 25.4. The summed E-state index contributed by atoms with van der Waals surface area (Å²) in [7, 11) is 0. The van der Waals surface area contributed by atoms with Crippen LogP contribution in [0.3, 0.4) is 0 Å². The Morgan fingerprint density at radius 3 is 0.955 bits per heavy atom.